The molecule has 25 heavy (non-hydrogen) atoms. The lowest BCUT2D eigenvalue weighted by molar-refractivity contribution is -0.0389. The van der Waals surface area contributed by atoms with Crippen molar-refractivity contribution in [3.05, 3.63) is 35.9 Å². The molecule has 5 nitrogen and oxygen atoms in total. The third-order valence-electron chi connectivity index (χ3n) is 5.73. The number of amides is 2. The van der Waals surface area contributed by atoms with Crippen LogP contribution in [0.1, 0.15) is 44.6 Å². The molecule has 2 amide bonds. The van der Waals surface area contributed by atoms with Gasteiger partial charge in [-0.05, 0) is 50.5 Å². The lowest BCUT2D eigenvalue weighted by Gasteiger charge is -2.36. The van der Waals surface area contributed by atoms with Crippen LogP contribution in [-0.2, 0) is 6.54 Å². The highest BCUT2D eigenvalue weighted by Crippen LogP contribution is 2.34. The van der Waals surface area contributed by atoms with E-state index in [0.29, 0.717) is 31.5 Å². The van der Waals surface area contributed by atoms with Crippen LogP contribution in [0.2, 0.25) is 0 Å². The predicted molar refractivity (Wildman–Crippen MR) is 99.2 cm³/mol. The minimum Gasteiger partial charge on any atom is -0.390 e. The van der Waals surface area contributed by atoms with Crippen LogP contribution >= 0.6 is 0 Å². The van der Waals surface area contributed by atoms with Gasteiger partial charge in [0.25, 0.3) is 0 Å². The summed E-state index contributed by atoms with van der Waals surface area (Å²) in [4.78, 5) is 14.4. The quantitative estimate of drug-likeness (QED) is 0.711. The Balaban J connectivity index is 1.34. The molecule has 1 aromatic carbocycles. The lowest BCUT2D eigenvalue weighted by Crippen LogP contribution is -2.43. The summed E-state index contributed by atoms with van der Waals surface area (Å²) in [6.07, 6.45) is 4.61. The van der Waals surface area contributed by atoms with Crippen molar-refractivity contribution in [2.75, 3.05) is 19.6 Å². The van der Waals surface area contributed by atoms with Crippen LogP contribution in [-0.4, -0.2) is 47.3 Å². The van der Waals surface area contributed by atoms with E-state index in [9.17, 15) is 9.90 Å². The van der Waals surface area contributed by atoms with Crippen molar-refractivity contribution in [3.63, 3.8) is 0 Å². The van der Waals surface area contributed by atoms with Crippen LogP contribution in [0.3, 0.4) is 0 Å². The van der Waals surface area contributed by atoms with E-state index in [1.54, 1.807) is 0 Å². The molecule has 1 saturated carbocycles. The number of nitrogens with zero attached hydrogens (tertiary/aromatic N) is 1. The Morgan fingerprint density at radius 1 is 1.28 bits per heavy atom. The van der Waals surface area contributed by atoms with Crippen molar-refractivity contribution in [1.29, 1.82) is 0 Å². The summed E-state index contributed by atoms with van der Waals surface area (Å²) in [5, 5.41) is 15.9. The number of hydrogen-bond donors (Lipinski definition) is 3. The van der Waals surface area contributed by atoms with Crippen molar-refractivity contribution in [2.24, 2.45) is 5.92 Å². The van der Waals surface area contributed by atoms with Gasteiger partial charge in [-0.2, -0.15) is 0 Å². The second-order valence-electron chi connectivity index (χ2n) is 7.83. The van der Waals surface area contributed by atoms with Gasteiger partial charge in [0.1, 0.15) is 0 Å². The molecule has 2 fully saturated rings. The molecule has 2 aliphatic rings. The third-order valence-corrected chi connectivity index (χ3v) is 5.73. The Hall–Kier alpha value is -1.59. The van der Waals surface area contributed by atoms with Gasteiger partial charge >= 0.3 is 6.03 Å². The second kappa shape index (κ2) is 8.19. The van der Waals surface area contributed by atoms with Gasteiger partial charge in [0.05, 0.1) is 5.60 Å². The van der Waals surface area contributed by atoms with Gasteiger partial charge in [-0.3, -0.25) is 4.90 Å². The van der Waals surface area contributed by atoms with E-state index in [2.05, 4.69) is 46.7 Å². The Morgan fingerprint density at radius 2 is 2.04 bits per heavy atom. The third kappa shape index (κ3) is 5.19. The predicted octanol–water partition coefficient (Wildman–Crippen LogP) is 2.50. The van der Waals surface area contributed by atoms with Gasteiger partial charge in [-0.1, -0.05) is 30.3 Å². The largest absolute Gasteiger partial charge is 0.390 e. The number of carbonyl (C=O) groups is 1. The Morgan fingerprint density at radius 3 is 2.72 bits per heavy atom. The molecule has 2 atom stereocenters. The fourth-order valence-electron chi connectivity index (χ4n) is 3.95. The molecule has 3 N–H and O–H groups in total. The molecule has 1 heterocycles. The SMILES string of the molecule is C[C@@H]1C[C@@H](CNC(=O)NCCC2(O)CCC2)CN1Cc1ccccc1. The first kappa shape index (κ1) is 18.2. The van der Waals surface area contributed by atoms with E-state index in [4.69, 9.17) is 0 Å². The fraction of sp³-hybridized carbons (Fsp3) is 0.650. The highest BCUT2D eigenvalue weighted by atomic mass is 16.3. The number of rotatable bonds is 7. The lowest BCUT2D eigenvalue weighted by atomic mass is 9.78. The van der Waals surface area contributed by atoms with Crippen LogP contribution in [0.25, 0.3) is 0 Å². The minimum absolute atomic E-state index is 0.114. The molecule has 138 valence electrons. The Kier molecular flexibility index (Phi) is 5.97. The summed E-state index contributed by atoms with van der Waals surface area (Å²) in [7, 11) is 0. The maximum absolute atomic E-state index is 11.9. The number of benzene rings is 1. The number of likely N-dealkylation sites (tertiary alicyclic amines) is 1. The summed E-state index contributed by atoms with van der Waals surface area (Å²) in [5.74, 6) is 0.500. The highest BCUT2D eigenvalue weighted by Gasteiger charge is 2.33. The molecule has 3 rings (SSSR count). The summed E-state index contributed by atoms with van der Waals surface area (Å²) in [6, 6.07) is 11.0. The van der Waals surface area contributed by atoms with Crippen LogP contribution < -0.4 is 10.6 Å². The zero-order chi connectivity index (χ0) is 17.7. The summed E-state index contributed by atoms with van der Waals surface area (Å²) in [5.41, 5.74) is 0.821. The fourth-order valence-corrected chi connectivity index (χ4v) is 3.95. The van der Waals surface area contributed by atoms with E-state index >= 15 is 0 Å². The molecule has 1 aromatic rings. The van der Waals surface area contributed by atoms with Crippen molar-refractivity contribution >= 4 is 6.03 Å². The van der Waals surface area contributed by atoms with Crippen molar-refractivity contribution in [1.82, 2.24) is 15.5 Å². The first-order chi connectivity index (χ1) is 12.0. The topological polar surface area (TPSA) is 64.6 Å². The molecule has 5 heteroatoms. The van der Waals surface area contributed by atoms with E-state index in [-0.39, 0.29) is 6.03 Å². The molecule has 0 unspecified atom stereocenters. The van der Waals surface area contributed by atoms with Gasteiger partial charge in [-0.15, -0.1) is 0 Å². The molecule has 1 aliphatic heterocycles. The normalized spacial score (nSPS) is 25.4. The van der Waals surface area contributed by atoms with Crippen LogP contribution in [0.5, 0.6) is 0 Å². The average molecular weight is 345 g/mol. The smallest absolute Gasteiger partial charge is 0.314 e. The monoisotopic (exact) mass is 345 g/mol. The first-order valence-electron chi connectivity index (χ1n) is 9.56. The molecule has 1 aliphatic carbocycles. The second-order valence-corrected chi connectivity index (χ2v) is 7.83. The molecule has 0 bridgehead atoms. The highest BCUT2D eigenvalue weighted by molar-refractivity contribution is 5.73. The maximum atomic E-state index is 11.9. The average Bonchev–Trinajstić information content (AvgIpc) is 2.92. The molecule has 0 spiro atoms. The van der Waals surface area contributed by atoms with E-state index in [1.807, 2.05) is 6.07 Å². The van der Waals surface area contributed by atoms with E-state index in [0.717, 1.165) is 38.8 Å². The van der Waals surface area contributed by atoms with Gasteiger partial charge in [0.2, 0.25) is 0 Å². The zero-order valence-electron chi connectivity index (χ0n) is 15.2. The van der Waals surface area contributed by atoms with Crippen LogP contribution in [0, 0.1) is 5.92 Å². The standard InChI is InChI=1S/C20H31N3O2/c1-16-12-18(15-23(16)14-17-6-3-2-4-7-17)13-22-19(24)21-11-10-20(25)8-5-9-20/h2-4,6-7,16,18,25H,5,8-15H2,1H3,(H2,21,22,24)/t16-,18+/m1/s1. The molecule has 0 aromatic heterocycles. The number of hydrogen-bond acceptors (Lipinski definition) is 3. The molecular weight excluding hydrogens is 314 g/mol. The van der Waals surface area contributed by atoms with E-state index < -0.39 is 5.60 Å². The van der Waals surface area contributed by atoms with Gasteiger partial charge in [0, 0.05) is 32.2 Å². The maximum Gasteiger partial charge on any atom is 0.314 e. The van der Waals surface area contributed by atoms with Gasteiger partial charge in [0.15, 0.2) is 0 Å². The van der Waals surface area contributed by atoms with E-state index in [1.165, 1.54) is 5.56 Å². The summed E-state index contributed by atoms with van der Waals surface area (Å²) in [6.45, 7) is 5.52. The van der Waals surface area contributed by atoms with Crippen molar-refractivity contribution in [3.8, 4) is 0 Å². The van der Waals surface area contributed by atoms with Crippen molar-refractivity contribution < 1.29 is 9.90 Å². The van der Waals surface area contributed by atoms with Crippen LogP contribution in [0.4, 0.5) is 4.79 Å². The number of urea groups is 1. The first-order valence-corrected chi connectivity index (χ1v) is 9.56. The van der Waals surface area contributed by atoms with Crippen molar-refractivity contribution in [2.45, 2.75) is 57.2 Å². The Bertz CT molecular complexity index is 559. The minimum atomic E-state index is -0.522. The number of carbonyl (C=O) groups excluding carboxylic acids is 1. The number of nitrogens with one attached hydrogen (secondary N) is 2. The zero-order valence-corrected chi connectivity index (χ0v) is 15.2. The van der Waals surface area contributed by atoms with Crippen LogP contribution in [0.15, 0.2) is 30.3 Å². The summed E-state index contributed by atoms with van der Waals surface area (Å²) >= 11 is 0. The Labute approximate surface area is 150 Å². The molecular formula is C20H31N3O2. The van der Waals surface area contributed by atoms with Gasteiger partial charge < -0.3 is 15.7 Å². The molecule has 1 saturated heterocycles. The summed E-state index contributed by atoms with van der Waals surface area (Å²) < 4.78 is 0. The van der Waals surface area contributed by atoms with Gasteiger partial charge in [-0.25, -0.2) is 4.79 Å². The number of aliphatic hydroxyl groups is 1. The molecule has 0 radical (unpaired) electrons.